The minimum Gasteiger partial charge on any atom is -0.481 e. The fourth-order valence-corrected chi connectivity index (χ4v) is 4.04. The van der Waals surface area contributed by atoms with E-state index in [9.17, 15) is 14.7 Å². The second-order valence-electron chi connectivity index (χ2n) is 6.29. The van der Waals surface area contributed by atoms with Crippen molar-refractivity contribution in [3.63, 3.8) is 0 Å². The Kier molecular flexibility index (Phi) is 3.77. The Morgan fingerprint density at radius 3 is 2.86 bits per heavy atom. The van der Waals surface area contributed by atoms with Gasteiger partial charge in [-0.05, 0) is 37.3 Å². The van der Waals surface area contributed by atoms with E-state index in [0.717, 1.165) is 18.4 Å². The molecule has 0 aromatic heterocycles. The predicted molar refractivity (Wildman–Crippen MR) is 84.2 cm³/mol. The number of hydrogen-bond acceptors (Lipinski definition) is 2. The van der Waals surface area contributed by atoms with E-state index in [0.29, 0.717) is 23.7 Å². The number of para-hydroxylation sites is 1. The summed E-state index contributed by atoms with van der Waals surface area (Å²) in [4.78, 5) is 25.8. The molecule has 5 nitrogen and oxygen atoms in total. The predicted octanol–water partition coefficient (Wildman–Crippen LogP) is 3.37. The van der Waals surface area contributed by atoms with Gasteiger partial charge in [-0.15, -0.1) is 0 Å². The summed E-state index contributed by atoms with van der Waals surface area (Å²) >= 11 is 6.13. The van der Waals surface area contributed by atoms with Crippen LogP contribution >= 0.6 is 11.6 Å². The maximum Gasteiger partial charge on any atom is 0.321 e. The van der Waals surface area contributed by atoms with Gasteiger partial charge in [-0.2, -0.15) is 0 Å². The van der Waals surface area contributed by atoms with Crippen LogP contribution in [0, 0.1) is 18.3 Å². The van der Waals surface area contributed by atoms with Crippen molar-refractivity contribution in [2.24, 2.45) is 11.3 Å². The summed E-state index contributed by atoms with van der Waals surface area (Å²) in [7, 11) is 0. The molecule has 0 spiro atoms. The van der Waals surface area contributed by atoms with Crippen molar-refractivity contribution in [1.82, 2.24) is 4.90 Å². The summed E-state index contributed by atoms with van der Waals surface area (Å²) in [6.07, 6.45) is 2.46. The van der Waals surface area contributed by atoms with Gasteiger partial charge in [0.2, 0.25) is 0 Å². The quantitative estimate of drug-likeness (QED) is 0.877. The third-order valence-electron chi connectivity index (χ3n) is 5.04. The summed E-state index contributed by atoms with van der Waals surface area (Å²) < 4.78 is 0. The molecule has 1 aromatic rings. The Labute approximate surface area is 134 Å². The molecule has 1 aliphatic carbocycles. The van der Waals surface area contributed by atoms with Crippen molar-refractivity contribution < 1.29 is 14.7 Å². The third-order valence-corrected chi connectivity index (χ3v) is 5.35. The van der Waals surface area contributed by atoms with Gasteiger partial charge in [0.05, 0.1) is 16.1 Å². The smallest absolute Gasteiger partial charge is 0.321 e. The van der Waals surface area contributed by atoms with Crippen LogP contribution in [0.15, 0.2) is 18.2 Å². The summed E-state index contributed by atoms with van der Waals surface area (Å²) in [5, 5.41) is 12.9. The van der Waals surface area contributed by atoms with E-state index in [1.807, 2.05) is 19.1 Å². The van der Waals surface area contributed by atoms with Crippen LogP contribution < -0.4 is 5.32 Å². The van der Waals surface area contributed by atoms with Crippen molar-refractivity contribution in [1.29, 1.82) is 0 Å². The molecule has 0 unspecified atom stereocenters. The molecule has 1 aromatic carbocycles. The topological polar surface area (TPSA) is 69.6 Å². The Bertz CT molecular complexity index is 614. The number of amides is 2. The number of carbonyl (C=O) groups is 2. The number of anilines is 1. The molecule has 6 heteroatoms. The number of benzene rings is 1. The molecule has 1 heterocycles. The zero-order valence-corrected chi connectivity index (χ0v) is 13.2. The van der Waals surface area contributed by atoms with Crippen LogP contribution in [0.5, 0.6) is 0 Å². The van der Waals surface area contributed by atoms with Crippen molar-refractivity contribution in [2.75, 3.05) is 18.4 Å². The number of nitrogens with one attached hydrogen (secondary N) is 1. The first-order valence-corrected chi connectivity index (χ1v) is 7.86. The Balaban J connectivity index is 1.76. The van der Waals surface area contributed by atoms with Crippen LogP contribution in [-0.4, -0.2) is 35.1 Å². The second kappa shape index (κ2) is 5.47. The number of carboxylic acid groups (broad SMARTS) is 1. The first-order chi connectivity index (χ1) is 10.4. The SMILES string of the molecule is Cc1cccc(Cl)c1NC(=O)N1C[C@@H]2CCC[C@@]2(C(=O)O)C1. The lowest BCUT2D eigenvalue weighted by atomic mass is 9.81. The standard InChI is InChI=1S/C16H19ClN2O3/c1-10-4-2-6-12(17)13(10)18-15(22)19-8-11-5-3-7-16(11,9-19)14(20)21/h2,4,6,11H,3,5,7-9H2,1H3,(H,18,22)(H,20,21)/t11-,16+/m0/s1. The number of rotatable bonds is 2. The molecule has 1 saturated heterocycles. The van der Waals surface area contributed by atoms with Gasteiger partial charge in [-0.25, -0.2) is 4.79 Å². The van der Waals surface area contributed by atoms with E-state index in [1.165, 1.54) is 0 Å². The third kappa shape index (κ3) is 2.33. The van der Waals surface area contributed by atoms with Crippen LogP contribution in [0.25, 0.3) is 0 Å². The van der Waals surface area contributed by atoms with Crippen molar-refractivity contribution in [3.8, 4) is 0 Å². The molecule has 2 N–H and O–H groups in total. The van der Waals surface area contributed by atoms with Crippen molar-refractivity contribution in [3.05, 3.63) is 28.8 Å². The van der Waals surface area contributed by atoms with Crippen molar-refractivity contribution in [2.45, 2.75) is 26.2 Å². The number of halogens is 1. The molecule has 1 saturated carbocycles. The van der Waals surface area contributed by atoms with Crippen molar-refractivity contribution >= 4 is 29.3 Å². The average Bonchev–Trinajstić information content (AvgIpc) is 3.00. The lowest BCUT2D eigenvalue weighted by Gasteiger charge is -2.23. The number of aryl methyl sites for hydroxylation is 1. The lowest BCUT2D eigenvalue weighted by Crippen LogP contribution is -2.38. The van der Waals surface area contributed by atoms with Crippen LogP contribution in [0.1, 0.15) is 24.8 Å². The maximum atomic E-state index is 12.5. The van der Waals surface area contributed by atoms with Crippen LogP contribution in [0.4, 0.5) is 10.5 Å². The molecule has 1 aliphatic heterocycles. The van der Waals surface area contributed by atoms with E-state index < -0.39 is 11.4 Å². The largest absolute Gasteiger partial charge is 0.481 e. The molecule has 22 heavy (non-hydrogen) atoms. The lowest BCUT2D eigenvalue weighted by molar-refractivity contribution is -0.149. The molecule has 2 atom stereocenters. The number of carbonyl (C=O) groups excluding carboxylic acids is 1. The van der Waals surface area contributed by atoms with E-state index in [2.05, 4.69) is 5.32 Å². The van der Waals surface area contributed by atoms with Gasteiger partial charge < -0.3 is 15.3 Å². The van der Waals surface area contributed by atoms with Gasteiger partial charge in [-0.3, -0.25) is 4.79 Å². The molecule has 2 aliphatic rings. The summed E-state index contributed by atoms with van der Waals surface area (Å²) in [5.74, 6) is -0.720. The highest BCUT2D eigenvalue weighted by Gasteiger charge is 2.55. The van der Waals surface area contributed by atoms with Gasteiger partial charge in [0.25, 0.3) is 0 Å². The molecule has 2 fully saturated rings. The zero-order chi connectivity index (χ0) is 15.9. The molecule has 0 radical (unpaired) electrons. The van der Waals surface area contributed by atoms with Gasteiger partial charge in [0.1, 0.15) is 0 Å². The normalized spacial score (nSPS) is 26.8. The van der Waals surface area contributed by atoms with Gasteiger partial charge in [0.15, 0.2) is 0 Å². The molecular weight excluding hydrogens is 304 g/mol. The number of carboxylic acids is 1. The van der Waals surface area contributed by atoms with Crippen LogP contribution in [-0.2, 0) is 4.79 Å². The number of aliphatic carboxylic acids is 1. The highest BCUT2D eigenvalue weighted by molar-refractivity contribution is 6.33. The van der Waals surface area contributed by atoms with E-state index >= 15 is 0 Å². The Morgan fingerprint density at radius 1 is 1.45 bits per heavy atom. The maximum absolute atomic E-state index is 12.5. The zero-order valence-electron chi connectivity index (χ0n) is 12.4. The first kappa shape index (κ1) is 15.2. The van der Waals surface area contributed by atoms with Gasteiger partial charge in [0, 0.05) is 13.1 Å². The van der Waals surface area contributed by atoms with Gasteiger partial charge in [-0.1, -0.05) is 30.2 Å². The number of urea groups is 1. The number of likely N-dealkylation sites (tertiary alicyclic amines) is 1. The molecular formula is C16H19ClN2O3. The second-order valence-corrected chi connectivity index (χ2v) is 6.70. The minimum atomic E-state index is -0.778. The summed E-state index contributed by atoms with van der Waals surface area (Å²) in [6, 6.07) is 5.15. The Hall–Kier alpha value is -1.75. The van der Waals surface area contributed by atoms with E-state index in [1.54, 1.807) is 11.0 Å². The number of nitrogens with zero attached hydrogens (tertiary/aromatic N) is 1. The average molecular weight is 323 g/mol. The molecule has 0 bridgehead atoms. The first-order valence-electron chi connectivity index (χ1n) is 7.48. The minimum absolute atomic E-state index is 0.0584. The monoisotopic (exact) mass is 322 g/mol. The van der Waals surface area contributed by atoms with Crippen LogP contribution in [0.2, 0.25) is 5.02 Å². The van der Waals surface area contributed by atoms with Gasteiger partial charge >= 0.3 is 12.0 Å². The fraction of sp³-hybridized carbons (Fsp3) is 0.500. The number of hydrogen-bond donors (Lipinski definition) is 2. The molecule has 3 rings (SSSR count). The van der Waals surface area contributed by atoms with E-state index in [-0.39, 0.29) is 18.5 Å². The molecule has 2 amide bonds. The van der Waals surface area contributed by atoms with E-state index in [4.69, 9.17) is 11.6 Å². The Morgan fingerprint density at radius 2 is 2.23 bits per heavy atom. The molecule has 118 valence electrons. The highest BCUT2D eigenvalue weighted by Crippen LogP contribution is 2.49. The number of fused-ring (bicyclic) bond motifs is 1. The summed E-state index contributed by atoms with van der Waals surface area (Å²) in [6.45, 7) is 2.66. The fourth-order valence-electron chi connectivity index (χ4n) is 3.77. The highest BCUT2D eigenvalue weighted by atomic mass is 35.5. The summed E-state index contributed by atoms with van der Waals surface area (Å²) in [5.41, 5.74) is 0.719. The van der Waals surface area contributed by atoms with Crippen LogP contribution in [0.3, 0.4) is 0 Å².